The molecule has 0 aliphatic rings. The third-order valence-electron chi connectivity index (χ3n) is 2.55. The Kier molecular flexibility index (Phi) is 5.59. The Morgan fingerprint density at radius 2 is 2.07 bits per heavy atom. The molecule has 2 nitrogen and oxygen atoms in total. The minimum Gasteiger partial charge on any atom is -0.320 e. The molecule has 15 heavy (non-hydrogen) atoms. The van der Waals surface area contributed by atoms with Crippen LogP contribution in [-0.2, 0) is 14.7 Å². The van der Waals surface area contributed by atoms with Crippen molar-refractivity contribution in [3.05, 3.63) is 22.4 Å². The van der Waals surface area contributed by atoms with Crippen LogP contribution in [0, 0.1) is 0 Å². The molecule has 0 bridgehead atoms. The molecule has 0 fully saturated rings. The highest BCUT2D eigenvalue weighted by Gasteiger charge is 2.32. The summed E-state index contributed by atoms with van der Waals surface area (Å²) in [6, 6.07) is 4.12. The average molecular weight is 246 g/mol. The molecule has 86 valence electrons. The average Bonchev–Trinajstić information content (AvgIpc) is 2.72. The van der Waals surface area contributed by atoms with E-state index in [1.807, 2.05) is 6.07 Å². The van der Waals surface area contributed by atoms with Crippen LogP contribution in [0.1, 0.15) is 44.4 Å². The first kappa shape index (κ1) is 13.0. The first-order valence-electron chi connectivity index (χ1n) is 5.44. The van der Waals surface area contributed by atoms with Crippen LogP contribution < -0.4 is 0 Å². The Morgan fingerprint density at radius 3 is 2.47 bits per heavy atom. The third kappa shape index (κ3) is 3.17. The Morgan fingerprint density at radius 1 is 1.40 bits per heavy atom. The highest BCUT2D eigenvalue weighted by Crippen LogP contribution is 2.40. The van der Waals surface area contributed by atoms with Crippen LogP contribution in [0.5, 0.6) is 0 Å². The Hall–Kier alpha value is -0.110. The topological polar surface area (TPSA) is 26.3 Å². The highest BCUT2D eigenvalue weighted by atomic mass is 32.1. The van der Waals surface area contributed by atoms with E-state index in [1.165, 1.54) is 4.88 Å². The second kappa shape index (κ2) is 6.47. The molecular weight excluding hydrogens is 227 g/mol. The molecule has 0 N–H and O–H groups in total. The lowest BCUT2D eigenvalue weighted by molar-refractivity contribution is 0.0641. The fourth-order valence-electron chi connectivity index (χ4n) is 1.98. The standard InChI is InChI=1S/C11H19O2PS/c1-3-7-11(8-4-2,13-14-12)10-6-5-9-15-10/h5-6,9H,3-4,7-8,14H2,1-2H3. The monoisotopic (exact) mass is 246 g/mol. The molecule has 4 heteroatoms. The lowest BCUT2D eigenvalue weighted by Crippen LogP contribution is -2.25. The van der Waals surface area contributed by atoms with Crippen molar-refractivity contribution in [3.63, 3.8) is 0 Å². The van der Waals surface area contributed by atoms with E-state index in [0.29, 0.717) is 0 Å². The maximum Gasteiger partial charge on any atom is 0.180 e. The molecule has 0 aliphatic heterocycles. The molecular formula is C11H19O2PS. The smallest absolute Gasteiger partial charge is 0.180 e. The summed E-state index contributed by atoms with van der Waals surface area (Å²) in [5.74, 6) is 0. The summed E-state index contributed by atoms with van der Waals surface area (Å²) in [5.41, 5.74) is -0.283. The molecule has 0 saturated heterocycles. The van der Waals surface area contributed by atoms with Crippen LogP contribution >= 0.6 is 20.0 Å². The maximum atomic E-state index is 10.9. The number of rotatable bonds is 7. The van der Waals surface area contributed by atoms with Crippen molar-refractivity contribution in [1.29, 1.82) is 0 Å². The minimum absolute atomic E-state index is 0.283. The van der Waals surface area contributed by atoms with Gasteiger partial charge < -0.3 is 4.52 Å². The van der Waals surface area contributed by atoms with Crippen molar-refractivity contribution in [2.24, 2.45) is 0 Å². The molecule has 0 radical (unpaired) electrons. The highest BCUT2D eigenvalue weighted by molar-refractivity contribution is 7.17. The van der Waals surface area contributed by atoms with E-state index in [1.54, 1.807) is 11.3 Å². The van der Waals surface area contributed by atoms with Crippen molar-refractivity contribution >= 4 is 20.0 Å². The van der Waals surface area contributed by atoms with Crippen LogP contribution in [-0.4, -0.2) is 0 Å². The molecule has 1 aromatic heterocycles. The zero-order valence-corrected chi connectivity index (χ0v) is 11.3. The van der Waals surface area contributed by atoms with Crippen molar-refractivity contribution in [2.75, 3.05) is 0 Å². The van der Waals surface area contributed by atoms with Gasteiger partial charge in [0.2, 0.25) is 0 Å². The fraction of sp³-hybridized carbons (Fsp3) is 0.636. The van der Waals surface area contributed by atoms with E-state index >= 15 is 0 Å². The summed E-state index contributed by atoms with van der Waals surface area (Å²) in [4.78, 5) is 1.22. The van der Waals surface area contributed by atoms with Crippen molar-refractivity contribution < 1.29 is 9.09 Å². The number of hydrogen-bond donors (Lipinski definition) is 0. The summed E-state index contributed by atoms with van der Waals surface area (Å²) >= 11 is 1.70. The van der Waals surface area contributed by atoms with Crippen LogP contribution in [0.4, 0.5) is 0 Å². The first-order valence-corrected chi connectivity index (χ1v) is 7.26. The molecule has 1 heterocycles. The van der Waals surface area contributed by atoms with E-state index in [9.17, 15) is 4.57 Å². The van der Waals surface area contributed by atoms with Gasteiger partial charge in [-0.1, -0.05) is 32.8 Å². The Bertz CT molecular complexity index is 279. The Labute approximate surface area is 96.9 Å². The molecule has 0 spiro atoms. The quantitative estimate of drug-likeness (QED) is 0.673. The van der Waals surface area contributed by atoms with E-state index in [4.69, 9.17) is 4.52 Å². The van der Waals surface area contributed by atoms with Gasteiger partial charge in [0.15, 0.2) is 8.69 Å². The lowest BCUT2D eigenvalue weighted by Gasteiger charge is -2.30. The normalized spacial score (nSPS) is 12.7. The minimum atomic E-state index is -1.14. The van der Waals surface area contributed by atoms with E-state index in [0.717, 1.165) is 25.7 Å². The van der Waals surface area contributed by atoms with E-state index in [-0.39, 0.29) is 5.60 Å². The summed E-state index contributed by atoms with van der Waals surface area (Å²) in [5, 5.41) is 2.05. The third-order valence-corrected chi connectivity index (χ3v) is 4.15. The van der Waals surface area contributed by atoms with Gasteiger partial charge in [-0.25, -0.2) is 0 Å². The van der Waals surface area contributed by atoms with Crippen LogP contribution in [0.25, 0.3) is 0 Å². The molecule has 1 aromatic rings. The SMILES string of the molecule is CCCC(CCC)(O[PH2]=O)c1cccs1. The first-order chi connectivity index (χ1) is 7.29. The van der Waals surface area contributed by atoms with Crippen molar-refractivity contribution in [1.82, 2.24) is 0 Å². The maximum absolute atomic E-state index is 10.9. The molecule has 1 unspecified atom stereocenters. The predicted octanol–water partition coefficient (Wildman–Crippen LogP) is 4.23. The summed E-state index contributed by atoms with van der Waals surface area (Å²) in [6.07, 6.45) is 4.02. The molecule has 1 rings (SSSR count). The molecule has 0 amide bonds. The van der Waals surface area contributed by atoms with Gasteiger partial charge in [0.1, 0.15) is 5.60 Å². The summed E-state index contributed by atoms with van der Waals surface area (Å²) in [6.45, 7) is 4.28. The van der Waals surface area contributed by atoms with Gasteiger partial charge in [-0.2, -0.15) is 0 Å². The fourth-order valence-corrected chi connectivity index (χ4v) is 3.55. The van der Waals surface area contributed by atoms with Crippen LogP contribution in [0.15, 0.2) is 17.5 Å². The number of thiophene rings is 1. The summed E-state index contributed by atoms with van der Waals surface area (Å²) in [7, 11) is -1.14. The van der Waals surface area contributed by atoms with E-state index in [2.05, 4.69) is 25.3 Å². The van der Waals surface area contributed by atoms with Gasteiger partial charge in [-0.05, 0) is 24.3 Å². The van der Waals surface area contributed by atoms with Crippen molar-refractivity contribution in [3.8, 4) is 0 Å². The Balaban J connectivity index is 2.95. The van der Waals surface area contributed by atoms with Gasteiger partial charge in [0, 0.05) is 4.88 Å². The largest absolute Gasteiger partial charge is 0.320 e. The lowest BCUT2D eigenvalue weighted by atomic mass is 9.91. The zero-order chi connectivity index (χ0) is 11.1. The summed E-state index contributed by atoms with van der Waals surface area (Å²) < 4.78 is 16.4. The van der Waals surface area contributed by atoms with Crippen LogP contribution in [0.2, 0.25) is 0 Å². The number of hydrogen-bond acceptors (Lipinski definition) is 3. The zero-order valence-electron chi connectivity index (χ0n) is 9.36. The molecule has 1 atom stereocenters. The predicted molar refractivity (Wildman–Crippen MR) is 67.3 cm³/mol. The van der Waals surface area contributed by atoms with Gasteiger partial charge in [0.25, 0.3) is 0 Å². The second-order valence-electron chi connectivity index (χ2n) is 3.69. The molecule has 0 aromatic carbocycles. The molecule has 0 saturated carbocycles. The van der Waals surface area contributed by atoms with Gasteiger partial charge in [0.05, 0.1) is 0 Å². The van der Waals surface area contributed by atoms with Gasteiger partial charge >= 0.3 is 0 Å². The van der Waals surface area contributed by atoms with Gasteiger partial charge in [-0.3, -0.25) is 4.57 Å². The van der Waals surface area contributed by atoms with Crippen molar-refractivity contribution in [2.45, 2.75) is 45.1 Å². The van der Waals surface area contributed by atoms with Gasteiger partial charge in [-0.15, -0.1) is 11.3 Å². The van der Waals surface area contributed by atoms with Crippen LogP contribution in [0.3, 0.4) is 0 Å². The molecule has 0 aliphatic carbocycles. The second-order valence-corrected chi connectivity index (χ2v) is 5.06. The van der Waals surface area contributed by atoms with E-state index < -0.39 is 8.69 Å².